The van der Waals surface area contributed by atoms with Crippen LogP contribution in [0.15, 0.2) is 30.5 Å². The van der Waals surface area contributed by atoms with Gasteiger partial charge < -0.3 is 15.1 Å². The van der Waals surface area contributed by atoms with E-state index >= 15 is 0 Å². The second-order valence-corrected chi connectivity index (χ2v) is 10.7. The molecule has 3 aromatic heterocycles. The van der Waals surface area contributed by atoms with Gasteiger partial charge in [-0.25, -0.2) is 9.97 Å². The molecule has 0 unspecified atom stereocenters. The first-order valence-corrected chi connectivity index (χ1v) is 13.7. The zero-order chi connectivity index (χ0) is 28.6. The minimum atomic E-state index is -0.217. The van der Waals surface area contributed by atoms with Crippen molar-refractivity contribution in [1.82, 2.24) is 44.6 Å². The number of nitrogens with one attached hydrogen (secondary N) is 1. The molecule has 0 bridgehead atoms. The van der Waals surface area contributed by atoms with Crippen LogP contribution in [-0.4, -0.2) is 84.4 Å². The van der Waals surface area contributed by atoms with Crippen LogP contribution in [0.4, 0.5) is 0 Å². The molecular weight excluding hydrogens is 506 g/mol. The molecular formula is C29H37N9O2. The Hall–Kier alpha value is -4.12. The molecule has 4 aromatic rings. The first-order chi connectivity index (χ1) is 19.1. The summed E-state index contributed by atoms with van der Waals surface area (Å²) in [5, 5.41) is 12.7. The lowest BCUT2D eigenvalue weighted by atomic mass is 10.1. The summed E-state index contributed by atoms with van der Waals surface area (Å²) in [7, 11) is 5.61. The molecule has 1 aromatic carbocycles. The number of nitrogens with zero attached hydrogens (tertiary/aromatic N) is 8. The van der Waals surface area contributed by atoms with E-state index in [9.17, 15) is 9.59 Å². The van der Waals surface area contributed by atoms with Crippen molar-refractivity contribution in [2.75, 3.05) is 27.2 Å². The highest BCUT2D eigenvalue weighted by Gasteiger charge is 2.24. The lowest BCUT2D eigenvalue weighted by Crippen LogP contribution is -2.43. The monoisotopic (exact) mass is 543 g/mol. The normalized spacial score (nSPS) is 14.6. The molecule has 0 atom stereocenters. The number of carbonyl (C=O) groups excluding carboxylic acids is 2. The number of likely N-dealkylation sites (tertiary alicyclic amines) is 1. The second-order valence-electron chi connectivity index (χ2n) is 10.7. The number of fused-ring (bicyclic) bond motifs is 1. The Bertz CT molecular complexity index is 1560. The quantitative estimate of drug-likeness (QED) is 0.381. The van der Waals surface area contributed by atoms with Gasteiger partial charge in [-0.1, -0.05) is 11.6 Å². The molecule has 1 aliphatic heterocycles. The predicted octanol–water partition coefficient (Wildman–Crippen LogP) is 2.96. The van der Waals surface area contributed by atoms with Crippen LogP contribution in [0.2, 0.25) is 0 Å². The molecule has 5 rings (SSSR count). The van der Waals surface area contributed by atoms with Gasteiger partial charge in [0.1, 0.15) is 11.4 Å². The lowest BCUT2D eigenvalue weighted by molar-refractivity contribution is 0.0780. The van der Waals surface area contributed by atoms with E-state index in [1.807, 2.05) is 49.8 Å². The first-order valence-electron chi connectivity index (χ1n) is 13.7. The van der Waals surface area contributed by atoms with Crippen molar-refractivity contribution < 1.29 is 9.59 Å². The van der Waals surface area contributed by atoms with Gasteiger partial charge >= 0.3 is 0 Å². The number of aromatic nitrogens is 6. The maximum absolute atomic E-state index is 13.8. The first kappa shape index (κ1) is 27.4. The Morgan fingerprint density at radius 1 is 1.10 bits per heavy atom. The Morgan fingerprint density at radius 3 is 2.55 bits per heavy atom. The molecule has 40 heavy (non-hydrogen) atoms. The molecule has 1 N–H and O–H groups in total. The molecule has 1 fully saturated rings. The summed E-state index contributed by atoms with van der Waals surface area (Å²) in [4.78, 5) is 40.3. The maximum atomic E-state index is 13.8. The summed E-state index contributed by atoms with van der Waals surface area (Å²) >= 11 is 0. The fraction of sp³-hybridized carbons (Fsp3) is 0.448. The fourth-order valence-electron chi connectivity index (χ4n) is 5.19. The summed E-state index contributed by atoms with van der Waals surface area (Å²) < 4.78 is 3.51. The molecule has 11 heteroatoms. The number of rotatable bonds is 7. The van der Waals surface area contributed by atoms with E-state index in [4.69, 9.17) is 9.97 Å². The molecule has 11 nitrogen and oxygen atoms in total. The van der Waals surface area contributed by atoms with Crippen molar-refractivity contribution in [1.29, 1.82) is 0 Å². The fourth-order valence-corrected chi connectivity index (χ4v) is 5.19. The van der Waals surface area contributed by atoms with Crippen LogP contribution < -0.4 is 5.32 Å². The molecule has 1 aliphatic rings. The number of piperidine rings is 1. The third kappa shape index (κ3) is 5.46. The van der Waals surface area contributed by atoms with E-state index in [0.29, 0.717) is 40.4 Å². The summed E-state index contributed by atoms with van der Waals surface area (Å²) in [6.45, 7) is 9.11. The van der Waals surface area contributed by atoms with Gasteiger partial charge in [-0.05, 0) is 65.9 Å². The highest BCUT2D eigenvalue weighted by Crippen LogP contribution is 2.25. The number of benzene rings is 1. The van der Waals surface area contributed by atoms with Crippen molar-refractivity contribution in [3.8, 4) is 11.5 Å². The second kappa shape index (κ2) is 11.2. The van der Waals surface area contributed by atoms with Crippen LogP contribution in [0.5, 0.6) is 0 Å². The number of aryl methyl sites for hydroxylation is 3. The number of amides is 2. The third-order valence-electron chi connectivity index (χ3n) is 7.71. The summed E-state index contributed by atoms with van der Waals surface area (Å²) in [6, 6.07) is 7.61. The van der Waals surface area contributed by atoms with Gasteiger partial charge in [-0.15, -0.1) is 0 Å². The molecule has 2 amide bonds. The third-order valence-corrected chi connectivity index (χ3v) is 7.71. The average molecular weight is 544 g/mol. The van der Waals surface area contributed by atoms with E-state index in [1.165, 1.54) is 0 Å². The Labute approximate surface area is 234 Å². The molecule has 0 spiro atoms. The molecule has 0 saturated carbocycles. The van der Waals surface area contributed by atoms with Crippen LogP contribution in [0.3, 0.4) is 0 Å². The van der Waals surface area contributed by atoms with E-state index in [2.05, 4.69) is 27.5 Å². The predicted molar refractivity (Wildman–Crippen MR) is 153 cm³/mol. The van der Waals surface area contributed by atoms with E-state index in [0.717, 1.165) is 49.3 Å². The van der Waals surface area contributed by atoms with Crippen molar-refractivity contribution in [2.45, 2.75) is 52.7 Å². The summed E-state index contributed by atoms with van der Waals surface area (Å²) in [5.41, 5.74) is 4.86. The largest absolute Gasteiger partial charge is 0.348 e. The van der Waals surface area contributed by atoms with E-state index in [1.54, 1.807) is 29.7 Å². The maximum Gasteiger partial charge on any atom is 0.273 e. The molecule has 1 saturated heterocycles. The van der Waals surface area contributed by atoms with E-state index in [-0.39, 0.29) is 17.9 Å². The summed E-state index contributed by atoms with van der Waals surface area (Å²) in [6.07, 6.45) is 3.63. The van der Waals surface area contributed by atoms with Crippen LogP contribution in [0.1, 0.15) is 57.6 Å². The lowest BCUT2D eigenvalue weighted by Gasteiger charge is -2.29. The average Bonchev–Trinajstić information content (AvgIpc) is 3.50. The van der Waals surface area contributed by atoms with Crippen LogP contribution in [0, 0.1) is 13.8 Å². The van der Waals surface area contributed by atoms with E-state index < -0.39 is 0 Å². The number of hydrogen-bond donors (Lipinski definition) is 1. The Balaban J connectivity index is 1.46. The van der Waals surface area contributed by atoms with Gasteiger partial charge in [-0.2, -0.15) is 10.2 Å². The van der Waals surface area contributed by atoms with Crippen molar-refractivity contribution in [3.05, 3.63) is 58.7 Å². The molecule has 0 aliphatic carbocycles. The summed E-state index contributed by atoms with van der Waals surface area (Å²) in [5.74, 6) is -0.0893. The van der Waals surface area contributed by atoms with Gasteiger partial charge in [0.25, 0.3) is 11.8 Å². The Morgan fingerprint density at radius 2 is 1.85 bits per heavy atom. The van der Waals surface area contributed by atoms with Gasteiger partial charge in [0.05, 0.1) is 11.7 Å². The van der Waals surface area contributed by atoms with Crippen molar-refractivity contribution in [3.63, 3.8) is 0 Å². The van der Waals surface area contributed by atoms with Gasteiger partial charge in [0.15, 0.2) is 11.5 Å². The van der Waals surface area contributed by atoms with Crippen LogP contribution in [0.25, 0.3) is 22.4 Å². The van der Waals surface area contributed by atoms with Gasteiger partial charge in [0, 0.05) is 55.9 Å². The molecule has 4 heterocycles. The standard InChI is InChI=1S/C29H37N9O2/c1-7-38-19(3)20(16-30-38)17-36(5)29(40)26-22-14-18(2)8-9-23(22)32-27(33-26)25-15-24(34-37(25)6)28(39)31-21-10-12-35(4)13-11-21/h8-9,14-16,21H,7,10-13,17H2,1-6H3,(H,31,39). The zero-order valence-electron chi connectivity index (χ0n) is 24.1. The minimum Gasteiger partial charge on any atom is -0.348 e. The highest BCUT2D eigenvalue weighted by atomic mass is 16.2. The Kier molecular flexibility index (Phi) is 7.66. The molecule has 0 radical (unpaired) electrons. The highest BCUT2D eigenvalue weighted by molar-refractivity contribution is 6.05. The zero-order valence-corrected chi connectivity index (χ0v) is 24.1. The smallest absolute Gasteiger partial charge is 0.273 e. The minimum absolute atomic E-state index is 0.127. The number of carbonyl (C=O) groups is 2. The SMILES string of the molecule is CCn1ncc(CN(C)C(=O)c2nc(-c3cc(C(=O)NC4CCN(C)CC4)nn3C)nc3ccc(C)cc23)c1C. The molecule has 210 valence electrons. The van der Waals surface area contributed by atoms with Gasteiger partial charge in [-0.3, -0.25) is 19.0 Å². The topological polar surface area (TPSA) is 114 Å². The van der Waals surface area contributed by atoms with Crippen LogP contribution in [-0.2, 0) is 20.1 Å². The van der Waals surface area contributed by atoms with Gasteiger partial charge in [0.2, 0.25) is 0 Å². The van der Waals surface area contributed by atoms with Crippen molar-refractivity contribution >= 4 is 22.7 Å². The van der Waals surface area contributed by atoms with Crippen LogP contribution >= 0.6 is 0 Å². The van der Waals surface area contributed by atoms with Crippen molar-refractivity contribution in [2.24, 2.45) is 7.05 Å². The number of hydrogen-bond acceptors (Lipinski definition) is 7.